The molecule has 25 heavy (non-hydrogen) atoms. The lowest BCUT2D eigenvalue weighted by Gasteiger charge is -2.08. The molecular weight excluding hydrogens is 386 g/mol. The van der Waals surface area contributed by atoms with E-state index in [9.17, 15) is 20.2 Å². The smallest absolute Gasteiger partial charge is 0.284 e. The van der Waals surface area contributed by atoms with Crippen molar-refractivity contribution in [2.45, 2.75) is 13.8 Å². The van der Waals surface area contributed by atoms with Gasteiger partial charge in [-0.2, -0.15) is 5.26 Å². The SMILES string of the molecule is Cc1ccc(NC(=O)/C(C#N)=C/c2ccc(Br)c([N+](=O)[O-])c2)c(C)c1. The number of nitro benzene ring substituents is 1. The maximum absolute atomic E-state index is 12.3. The van der Waals surface area contributed by atoms with Crippen LogP contribution in [0.25, 0.3) is 6.08 Å². The van der Waals surface area contributed by atoms with Gasteiger partial charge in [-0.1, -0.05) is 23.8 Å². The van der Waals surface area contributed by atoms with Crippen LogP contribution in [0.2, 0.25) is 0 Å². The highest BCUT2D eigenvalue weighted by molar-refractivity contribution is 9.10. The molecule has 0 unspecified atom stereocenters. The topological polar surface area (TPSA) is 96.0 Å². The van der Waals surface area contributed by atoms with Crippen molar-refractivity contribution in [3.8, 4) is 6.07 Å². The quantitative estimate of drug-likeness (QED) is 0.353. The first-order chi connectivity index (χ1) is 11.8. The highest BCUT2D eigenvalue weighted by Crippen LogP contribution is 2.26. The van der Waals surface area contributed by atoms with Crippen LogP contribution in [-0.4, -0.2) is 10.8 Å². The number of nitrogens with one attached hydrogen (secondary N) is 1. The molecule has 0 heterocycles. The van der Waals surface area contributed by atoms with E-state index in [4.69, 9.17) is 0 Å². The summed E-state index contributed by atoms with van der Waals surface area (Å²) in [5.74, 6) is -0.569. The number of nitriles is 1. The molecule has 1 N–H and O–H groups in total. The highest BCUT2D eigenvalue weighted by Gasteiger charge is 2.14. The number of amides is 1. The van der Waals surface area contributed by atoms with Gasteiger partial charge in [-0.25, -0.2) is 0 Å². The second kappa shape index (κ2) is 7.73. The summed E-state index contributed by atoms with van der Waals surface area (Å²) >= 11 is 3.09. The largest absolute Gasteiger partial charge is 0.321 e. The molecule has 0 radical (unpaired) electrons. The van der Waals surface area contributed by atoms with Crippen LogP contribution in [0.15, 0.2) is 46.4 Å². The number of hydrogen-bond donors (Lipinski definition) is 1. The zero-order chi connectivity index (χ0) is 18.6. The molecule has 0 fully saturated rings. The summed E-state index contributed by atoms with van der Waals surface area (Å²) in [6, 6.07) is 11.8. The molecule has 7 heteroatoms. The van der Waals surface area contributed by atoms with Crippen molar-refractivity contribution >= 4 is 39.3 Å². The number of hydrogen-bond acceptors (Lipinski definition) is 4. The predicted octanol–water partition coefficient (Wildman–Crippen LogP) is 4.52. The lowest BCUT2D eigenvalue weighted by atomic mass is 10.1. The summed E-state index contributed by atoms with van der Waals surface area (Å²) in [7, 11) is 0. The predicted molar refractivity (Wildman–Crippen MR) is 98.9 cm³/mol. The van der Waals surface area contributed by atoms with E-state index in [0.717, 1.165) is 11.1 Å². The van der Waals surface area contributed by atoms with Gasteiger partial charge in [-0.15, -0.1) is 0 Å². The molecular formula is C18H14BrN3O3. The van der Waals surface area contributed by atoms with E-state index in [1.807, 2.05) is 32.0 Å². The van der Waals surface area contributed by atoms with Crippen LogP contribution in [0.5, 0.6) is 0 Å². The van der Waals surface area contributed by atoms with Gasteiger partial charge in [0.2, 0.25) is 0 Å². The van der Waals surface area contributed by atoms with E-state index in [0.29, 0.717) is 15.7 Å². The van der Waals surface area contributed by atoms with E-state index in [-0.39, 0.29) is 11.3 Å². The van der Waals surface area contributed by atoms with Crippen LogP contribution in [-0.2, 0) is 4.79 Å². The number of anilines is 1. The Morgan fingerprint density at radius 2 is 2.00 bits per heavy atom. The third kappa shape index (κ3) is 4.52. The van der Waals surface area contributed by atoms with Crippen molar-refractivity contribution in [1.82, 2.24) is 0 Å². The van der Waals surface area contributed by atoms with Gasteiger partial charge in [0, 0.05) is 11.8 Å². The fourth-order valence-electron chi connectivity index (χ4n) is 2.22. The van der Waals surface area contributed by atoms with Gasteiger partial charge in [0.05, 0.1) is 9.40 Å². The Balaban J connectivity index is 2.31. The van der Waals surface area contributed by atoms with Crippen LogP contribution in [0.4, 0.5) is 11.4 Å². The minimum Gasteiger partial charge on any atom is -0.321 e. The minimum atomic E-state index is -0.569. The van der Waals surface area contributed by atoms with E-state index < -0.39 is 10.8 Å². The average Bonchev–Trinajstić information content (AvgIpc) is 2.56. The normalized spacial score (nSPS) is 10.9. The zero-order valence-corrected chi connectivity index (χ0v) is 15.1. The Bertz CT molecular complexity index is 930. The minimum absolute atomic E-state index is 0.138. The fraction of sp³-hybridized carbons (Fsp3) is 0.111. The average molecular weight is 400 g/mol. The van der Waals surface area contributed by atoms with Crippen LogP contribution >= 0.6 is 15.9 Å². The Kier molecular flexibility index (Phi) is 5.67. The van der Waals surface area contributed by atoms with Crippen molar-refractivity contribution in [3.05, 3.63) is 73.2 Å². The molecule has 1 amide bonds. The maximum Gasteiger partial charge on any atom is 0.284 e. The number of rotatable bonds is 4. The molecule has 0 atom stereocenters. The molecule has 2 rings (SSSR count). The summed E-state index contributed by atoms with van der Waals surface area (Å²) in [6.07, 6.45) is 1.32. The third-order valence-electron chi connectivity index (χ3n) is 3.47. The van der Waals surface area contributed by atoms with Gasteiger partial charge in [-0.05, 0) is 59.1 Å². The first-order valence-corrected chi connectivity index (χ1v) is 8.05. The van der Waals surface area contributed by atoms with Crippen molar-refractivity contribution in [3.63, 3.8) is 0 Å². The first-order valence-electron chi connectivity index (χ1n) is 7.26. The number of benzene rings is 2. The Morgan fingerprint density at radius 1 is 1.28 bits per heavy atom. The molecule has 0 aliphatic heterocycles. The van der Waals surface area contributed by atoms with Crippen molar-refractivity contribution in [1.29, 1.82) is 5.26 Å². The number of carbonyl (C=O) groups is 1. The standard InChI is InChI=1S/C18H14BrN3O3/c1-11-3-6-16(12(2)7-11)21-18(23)14(10-20)8-13-4-5-15(19)17(9-13)22(24)25/h3-9H,1-2H3,(H,21,23)/b14-8+. The number of nitrogens with zero attached hydrogens (tertiary/aromatic N) is 2. The fourth-order valence-corrected chi connectivity index (χ4v) is 2.61. The van der Waals surface area contributed by atoms with Gasteiger partial charge in [0.15, 0.2) is 0 Å². The molecule has 6 nitrogen and oxygen atoms in total. The summed E-state index contributed by atoms with van der Waals surface area (Å²) in [4.78, 5) is 22.8. The first kappa shape index (κ1) is 18.4. The van der Waals surface area contributed by atoms with Gasteiger partial charge in [0.1, 0.15) is 11.6 Å². The molecule has 2 aromatic rings. The number of nitro groups is 1. The lowest BCUT2D eigenvalue weighted by Crippen LogP contribution is -2.14. The highest BCUT2D eigenvalue weighted by atomic mass is 79.9. The van der Waals surface area contributed by atoms with Crippen molar-refractivity contribution in [2.75, 3.05) is 5.32 Å². The van der Waals surface area contributed by atoms with E-state index >= 15 is 0 Å². The monoisotopic (exact) mass is 399 g/mol. The lowest BCUT2D eigenvalue weighted by molar-refractivity contribution is -0.385. The molecule has 126 valence electrons. The summed E-state index contributed by atoms with van der Waals surface area (Å²) in [5.41, 5.74) is 2.66. The number of aryl methyl sites for hydroxylation is 2. The van der Waals surface area contributed by atoms with E-state index in [2.05, 4.69) is 21.2 Å². The van der Waals surface area contributed by atoms with Gasteiger partial charge >= 0.3 is 0 Å². The van der Waals surface area contributed by atoms with Crippen molar-refractivity contribution in [2.24, 2.45) is 0 Å². The summed E-state index contributed by atoms with van der Waals surface area (Å²) < 4.78 is 0.327. The zero-order valence-electron chi connectivity index (χ0n) is 13.5. The molecule has 0 bridgehead atoms. The molecule has 0 spiro atoms. The Labute approximate surface area is 153 Å². The van der Waals surface area contributed by atoms with Crippen LogP contribution in [0.1, 0.15) is 16.7 Å². The van der Waals surface area contributed by atoms with Gasteiger partial charge < -0.3 is 5.32 Å². The Morgan fingerprint density at radius 3 is 2.60 bits per heavy atom. The molecule has 0 aliphatic carbocycles. The molecule has 0 saturated heterocycles. The van der Waals surface area contributed by atoms with E-state index in [1.165, 1.54) is 18.2 Å². The second-order valence-electron chi connectivity index (χ2n) is 5.41. The van der Waals surface area contributed by atoms with Gasteiger partial charge in [-0.3, -0.25) is 14.9 Å². The van der Waals surface area contributed by atoms with E-state index in [1.54, 1.807) is 12.1 Å². The van der Waals surface area contributed by atoms with Crippen molar-refractivity contribution < 1.29 is 9.72 Å². The molecule has 0 aliphatic rings. The third-order valence-corrected chi connectivity index (χ3v) is 4.14. The molecule has 2 aromatic carbocycles. The second-order valence-corrected chi connectivity index (χ2v) is 6.26. The maximum atomic E-state index is 12.3. The van der Waals surface area contributed by atoms with Crippen LogP contribution < -0.4 is 5.32 Å². The van der Waals surface area contributed by atoms with Gasteiger partial charge in [0.25, 0.3) is 11.6 Å². The number of carbonyl (C=O) groups excluding carboxylic acids is 1. The molecule has 0 aromatic heterocycles. The van der Waals surface area contributed by atoms with Crippen LogP contribution in [0.3, 0.4) is 0 Å². The summed E-state index contributed by atoms with van der Waals surface area (Å²) in [6.45, 7) is 3.80. The Hall–Kier alpha value is -2.98. The number of halogens is 1. The molecule has 0 saturated carbocycles. The van der Waals surface area contributed by atoms with Crippen LogP contribution in [0, 0.1) is 35.3 Å². The summed E-state index contributed by atoms with van der Waals surface area (Å²) in [5, 5.41) is 22.9.